The number of hydrogen-bond donors (Lipinski definition) is 1. The number of halogens is 1. The van der Waals surface area contributed by atoms with Crippen molar-refractivity contribution in [1.29, 1.82) is 0 Å². The van der Waals surface area contributed by atoms with Crippen LogP contribution < -0.4 is 5.73 Å². The molecule has 0 saturated carbocycles. The molecule has 1 aromatic rings. The number of rotatable bonds is 3. The quantitative estimate of drug-likeness (QED) is 0.509. The Kier molecular flexibility index (Phi) is 4.55. The van der Waals surface area contributed by atoms with Gasteiger partial charge in [0.2, 0.25) is 0 Å². The van der Waals surface area contributed by atoms with E-state index in [2.05, 4.69) is 35.9 Å². The van der Waals surface area contributed by atoms with Crippen LogP contribution in [-0.4, -0.2) is 5.75 Å². The summed E-state index contributed by atoms with van der Waals surface area (Å²) in [7, 11) is 0. The molecule has 0 saturated heterocycles. The van der Waals surface area contributed by atoms with Crippen LogP contribution in [0.4, 0.5) is 5.69 Å². The molecule has 0 aliphatic heterocycles. The van der Waals surface area contributed by atoms with Crippen molar-refractivity contribution in [3.05, 3.63) is 34.3 Å². The minimum absolute atomic E-state index is 0.839. The Balaban J connectivity index is 2.64. The van der Waals surface area contributed by atoms with E-state index in [0.717, 1.165) is 20.8 Å². The normalized spacial score (nSPS) is 9.93. The van der Waals surface area contributed by atoms with E-state index < -0.39 is 0 Å². The topological polar surface area (TPSA) is 26.0 Å². The number of nitrogens with two attached hydrogens (primary N) is 1. The molecule has 0 aromatic heterocycles. The first kappa shape index (κ1) is 11.7. The summed E-state index contributed by atoms with van der Waals surface area (Å²) >= 11 is 5.15. The lowest BCUT2D eigenvalue weighted by Crippen LogP contribution is -1.88. The number of hydrogen-bond acceptors (Lipinski definition) is 2. The highest BCUT2D eigenvalue weighted by Crippen LogP contribution is 2.27. The molecule has 14 heavy (non-hydrogen) atoms. The van der Waals surface area contributed by atoms with Crippen LogP contribution in [0.3, 0.4) is 0 Å². The molecule has 1 aromatic carbocycles. The van der Waals surface area contributed by atoms with E-state index in [1.54, 1.807) is 11.8 Å². The Hall–Kier alpha value is -0.410. The highest BCUT2D eigenvalue weighted by molar-refractivity contribution is 9.10. The maximum absolute atomic E-state index is 5.87. The summed E-state index contributed by atoms with van der Waals surface area (Å²) in [6, 6.07) is 6.00. The van der Waals surface area contributed by atoms with Crippen LogP contribution in [0.15, 0.2) is 39.2 Å². The summed E-state index contributed by atoms with van der Waals surface area (Å²) in [5, 5.41) is 0. The van der Waals surface area contributed by atoms with Gasteiger partial charge in [-0.2, -0.15) is 0 Å². The first-order chi connectivity index (χ1) is 6.59. The zero-order chi connectivity index (χ0) is 10.6. The summed E-state index contributed by atoms with van der Waals surface area (Å²) in [6.07, 6.45) is 2.20. The Labute approximate surface area is 97.9 Å². The monoisotopic (exact) mass is 271 g/mol. The molecule has 76 valence electrons. The standard InChI is InChI=1S/C11H14BrNS/c1-8(2)5-6-14-11-4-3-9(12)7-10(11)13/h3-5,7H,6,13H2,1-2H3. The van der Waals surface area contributed by atoms with Crippen molar-refractivity contribution in [3.63, 3.8) is 0 Å². The van der Waals surface area contributed by atoms with Crippen LogP contribution in [0.25, 0.3) is 0 Å². The van der Waals surface area contributed by atoms with Gasteiger partial charge in [0.15, 0.2) is 0 Å². The van der Waals surface area contributed by atoms with E-state index in [-0.39, 0.29) is 0 Å². The van der Waals surface area contributed by atoms with Gasteiger partial charge in [-0.15, -0.1) is 11.8 Å². The maximum atomic E-state index is 5.87. The molecular formula is C11H14BrNS. The molecule has 0 aliphatic carbocycles. The van der Waals surface area contributed by atoms with E-state index in [0.29, 0.717) is 0 Å². The predicted molar refractivity (Wildman–Crippen MR) is 68.7 cm³/mol. The highest BCUT2D eigenvalue weighted by Gasteiger charge is 1.98. The van der Waals surface area contributed by atoms with Gasteiger partial charge < -0.3 is 5.73 Å². The third-order valence-electron chi connectivity index (χ3n) is 1.70. The fraction of sp³-hybridized carbons (Fsp3) is 0.273. The first-order valence-corrected chi connectivity index (χ1v) is 6.18. The second-order valence-corrected chi connectivity index (χ2v) is 5.25. The Morgan fingerprint density at radius 3 is 2.79 bits per heavy atom. The number of nitrogen functional groups attached to an aromatic ring is 1. The molecular weight excluding hydrogens is 258 g/mol. The third-order valence-corrected chi connectivity index (χ3v) is 3.21. The minimum Gasteiger partial charge on any atom is -0.398 e. The van der Waals surface area contributed by atoms with E-state index >= 15 is 0 Å². The molecule has 1 nitrogen and oxygen atoms in total. The largest absolute Gasteiger partial charge is 0.398 e. The lowest BCUT2D eigenvalue weighted by Gasteiger charge is -2.03. The van der Waals surface area contributed by atoms with Gasteiger partial charge >= 0.3 is 0 Å². The minimum atomic E-state index is 0.839. The van der Waals surface area contributed by atoms with Gasteiger partial charge in [0, 0.05) is 20.8 Å². The van der Waals surface area contributed by atoms with Gasteiger partial charge in [-0.25, -0.2) is 0 Å². The highest BCUT2D eigenvalue weighted by atomic mass is 79.9. The summed E-state index contributed by atoms with van der Waals surface area (Å²) < 4.78 is 1.03. The third kappa shape index (κ3) is 3.76. The van der Waals surface area contributed by atoms with Crippen molar-refractivity contribution in [2.75, 3.05) is 11.5 Å². The second-order valence-electron chi connectivity index (χ2n) is 3.27. The smallest absolute Gasteiger partial charge is 0.0463 e. The van der Waals surface area contributed by atoms with Gasteiger partial charge in [-0.1, -0.05) is 27.6 Å². The van der Waals surface area contributed by atoms with Crippen molar-refractivity contribution in [1.82, 2.24) is 0 Å². The summed E-state index contributed by atoms with van der Waals surface area (Å²) in [5.74, 6) is 0.980. The molecule has 0 radical (unpaired) electrons. The molecule has 0 unspecified atom stereocenters. The van der Waals surface area contributed by atoms with Crippen LogP contribution in [0.2, 0.25) is 0 Å². The molecule has 3 heteroatoms. The molecule has 0 fully saturated rings. The number of benzene rings is 1. The lowest BCUT2D eigenvalue weighted by atomic mass is 10.3. The van der Waals surface area contributed by atoms with Crippen LogP contribution in [0, 0.1) is 0 Å². The molecule has 0 spiro atoms. The van der Waals surface area contributed by atoms with Crippen molar-refractivity contribution < 1.29 is 0 Å². The second kappa shape index (κ2) is 5.47. The molecule has 0 bridgehead atoms. The zero-order valence-electron chi connectivity index (χ0n) is 8.38. The summed E-state index contributed by atoms with van der Waals surface area (Å²) in [6.45, 7) is 4.21. The molecule has 0 amide bonds. The fourth-order valence-corrected chi connectivity index (χ4v) is 2.31. The number of anilines is 1. The maximum Gasteiger partial charge on any atom is 0.0463 e. The summed E-state index contributed by atoms with van der Waals surface area (Å²) in [5.41, 5.74) is 8.05. The zero-order valence-corrected chi connectivity index (χ0v) is 10.8. The van der Waals surface area contributed by atoms with Crippen LogP contribution >= 0.6 is 27.7 Å². The summed E-state index contributed by atoms with van der Waals surface area (Å²) in [4.78, 5) is 1.14. The number of allylic oxidation sites excluding steroid dienone is 1. The Morgan fingerprint density at radius 2 is 2.21 bits per heavy atom. The fourth-order valence-electron chi connectivity index (χ4n) is 0.949. The van der Waals surface area contributed by atoms with Crippen LogP contribution in [0.1, 0.15) is 13.8 Å². The van der Waals surface area contributed by atoms with Gasteiger partial charge in [0.05, 0.1) is 0 Å². The lowest BCUT2D eigenvalue weighted by molar-refractivity contribution is 1.36. The van der Waals surface area contributed by atoms with Crippen molar-refractivity contribution in [2.45, 2.75) is 18.7 Å². The van der Waals surface area contributed by atoms with E-state index in [1.165, 1.54) is 5.57 Å². The Morgan fingerprint density at radius 1 is 1.50 bits per heavy atom. The van der Waals surface area contributed by atoms with Gasteiger partial charge in [-0.05, 0) is 32.0 Å². The van der Waals surface area contributed by atoms with Crippen molar-refractivity contribution >= 4 is 33.4 Å². The van der Waals surface area contributed by atoms with Crippen LogP contribution in [0.5, 0.6) is 0 Å². The average molecular weight is 272 g/mol. The van der Waals surface area contributed by atoms with Gasteiger partial charge in [0.1, 0.15) is 0 Å². The van der Waals surface area contributed by atoms with E-state index in [4.69, 9.17) is 5.73 Å². The van der Waals surface area contributed by atoms with Crippen LogP contribution in [-0.2, 0) is 0 Å². The van der Waals surface area contributed by atoms with E-state index in [9.17, 15) is 0 Å². The first-order valence-electron chi connectivity index (χ1n) is 4.41. The SMILES string of the molecule is CC(C)=CCSc1ccc(Br)cc1N. The Bertz CT molecular complexity index is 343. The van der Waals surface area contributed by atoms with Gasteiger partial charge in [-0.3, -0.25) is 0 Å². The number of thioether (sulfide) groups is 1. The molecule has 2 N–H and O–H groups in total. The van der Waals surface area contributed by atoms with Gasteiger partial charge in [0.25, 0.3) is 0 Å². The van der Waals surface area contributed by atoms with Crippen molar-refractivity contribution in [3.8, 4) is 0 Å². The molecule has 1 rings (SSSR count). The predicted octanol–water partition coefficient (Wildman–Crippen LogP) is 4.09. The molecule has 0 atom stereocenters. The molecule has 0 aliphatic rings. The average Bonchev–Trinajstić information content (AvgIpc) is 2.08. The molecule has 0 heterocycles. The van der Waals surface area contributed by atoms with E-state index in [1.807, 2.05) is 18.2 Å². The van der Waals surface area contributed by atoms with Crippen molar-refractivity contribution in [2.24, 2.45) is 0 Å².